The molecule has 1 heterocycles. The molecule has 2 aromatic carbocycles. The second-order valence-electron chi connectivity index (χ2n) is 10.6. The monoisotopic (exact) mass is 560 g/mol. The van der Waals surface area contributed by atoms with E-state index >= 15 is 0 Å². The Labute approximate surface area is 223 Å². The van der Waals surface area contributed by atoms with Crippen LogP contribution >= 0.6 is 0 Å². The van der Waals surface area contributed by atoms with Gasteiger partial charge in [-0.2, -0.15) is 26.3 Å². The fourth-order valence-corrected chi connectivity index (χ4v) is 5.29. The average molecular weight is 561 g/mol. The highest BCUT2D eigenvalue weighted by Crippen LogP contribution is 2.39. The minimum atomic E-state index is -4.97. The lowest BCUT2D eigenvalue weighted by atomic mass is 9.72. The standard InChI is InChI=1S/C28H34F6N2O3/c1-17(2)15-26(6-8-35-9-7-26)25(38)36-16-20(19-4-5-23(37)24(13-19)39-3)10-18-11-21(27(29,30)31)14-22(12-18)28(32,33)34/h4-5,11-14,17,20,35,37H,6-10,15-16H2,1-3H3,(H,36,38). The number of carbonyl (C=O) groups is 1. The van der Waals surface area contributed by atoms with Crippen LogP contribution in [0.3, 0.4) is 0 Å². The van der Waals surface area contributed by atoms with Gasteiger partial charge in [0.15, 0.2) is 11.5 Å². The molecule has 1 aliphatic heterocycles. The number of nitrogens with one attached hydrogen (secondary N) is 2. The lowest BCUT2D eigenvalue weighted by Gasteiger charge is -2.38. The van der Waals surface area contributed by atoms with E-state index in [0.717, 1.165) is 0 Å². The third kappa shape index (κ3) is 7.80. The van der Waals surface area contributed by atoms with Crippen molar-refractivity contribution < 1.29 is 41.0 Å². The number of phenolic OH excluding ortho intramolecular Hbond substituents is 1. The maximum Gasteiger partial charge on any atom is 0.416 e. The molecule has 0 radical (unpaired) electrons. The minimum absolute atomic E-state index is 0.0301. The van der Waals surface area contributed by atoms with Crippen molar-refractivity contribution in [2.24, 2.45) is 11.3 Å². The molecule has 1 unspecified atom stereocenters. The Bertz CT molecular complexity index is 1110. The molecule has 1 saturated heterocycles. The summed E-state index contributed by atoms with van der Waals surface area (Å²) in [6.45, 7) is 5.35. The van der Waals surface area contributed by atoms with Gasteiger partial charge in [0, 0.05) is 12.5 Å². The summed E-state index contributed by atoms with van der Waals surface area (Å²) in [7, 11) is 1.32. The smallest absolute Gasteiger partial charge is 0.416 e. The van der Waals surface area contributed by atoms with Crippen LogP contribution in [0.2, 0.25) is 0 Å². The number of hydrogen-bond donors (Lipinski definition) is 3. The molecule has 216 valence electrons. The highest BCUT2D eigenvalue weighted by Gasteiger charge is 2.40. The molecule has 0 aliphatic carbocycles. The summed E-state index contributed by atoms with van der Waals surface area (Å²) in [5, 5.41) is 16.2. The summed E-state index contributed by atoms with van der Waals surface area (Å²) < 4.78 is 86.0. The zero-order valence-corrected chi connectivity index (χ0v) is 22.1. The van der Waals surface area contributed by atoms with Crippen molar-refractivity contribution in [2.45, 2.75) is 57.8 Å². The van der Waals surface area contributed by atoms with Gasteiger partial charge in [0.05, 0.1) is 23.7 Å². The van der Waals surface area contributed by atoms with Crippen LogP contribution in [-0.4, -0.2) is 37.8 Å². The molecule has 1 amide bonds. The van der Waals surface area contributed by atoms with E-state index in [0.29, 0.717) is 50.0 Å². The van der Waals surface area contributed by atoms with Crippen LogP contribution in [0.15, 0.2) is 36.4 Å². The second-order valence-corrected chi connectivity index (χ2v) is 10.6. The molecular weight excluding hydrogens is 526 g/mol. The molecule has 3 N–H and O–H groups in total. The molecule has 11 heteroatoms. The van der Waals surface area contributed by atoms with Crippen LogP contribution in [0.5, 0.6) is 11.5 Å². The van der Waals surface area contributed by atoms with Crippen LogP contribution in [0, 0.1) is 11.3 Å². The third-order valence-electron chi connectivity index (χ3n) is 7.16. The Morgan fingerprint density at radius 1 is 1.03 bits per heavy atom. The van der Waals surface area contributed by atoms with E-state index in [1.54, 1.807) is 0 Å². The van der Waals surface area contributed by atoms with Crippen molar-refractivity contribution in [3.63, 3.8) is 0 Å². The van der Waals surface area contributed by atoms with E-state index in [1.807, 2.05) is 13.8 Å². The fraction of sp³-hybridized carbons (Fsp3) is 0.536. The Morgan fingerprint density at radius 3 is 2.13 bits per heavy atom. The number of halogens is 6. The van der Waals surface area contributed by atoms with E-state index in [1.165, 1.54) is 25.3 Å². The molecule has 39 heavy (non-hydrogen) atoms. The van der Waals surface area contributed by atoms with Crippen molar-refractivity contribution in [2.75, 3.05) is 26.7 Å². The maximum atomic E-state index is 13.5. The number of ether oxygens (including phenoxy) is 1. The first kappa shape index (κ1) is 30.6. The molecule has 5 nitrogen and oxygen atoms in total. The molecular formula is C28H34F6N2O3. The molecule has 0 bridgehead atoms. The van der Waals surface area contributed by atoms with E-state index in [-0.39, 0.29) is 47.9 Å². The van der Waals surface area contributed by atoms with Crippen molar-refractivity contribution in [3.05, 3.63) is 58.7 Å². The molecule has 0 aromatic heterocycles. The third-order valence-corrected chi connectivity index (χ3v) is 7.16. The molecule has 0 saturated carbocycles. The summed E-state index contributed by atoms with van der Waals surface area (Å²) in [6, 6.07) is 5.82. The number of phenols is 1. The first-order chi connectivity index (χ1) is 18.1. The molecule has 0 spiro atoms. The van der Waals surface area contributed by atoms with Crippen LogP contribution in [0.4, 0.5) is 26.3 Å². The van der Waals surface area contributed by atoms with Gasteiger partial charge in [-0.25, -0.2) is 0 Å². The first-order valence-electron chi connectivity index (χ1n) is 12.8. The zero-order valence-electron chi connectivity index (χ0n) is 22.1. The summed E-state index contributed by atoms with van der Waals surface area (Å²) in [4.78, 5) is 13.5. The maximum absolute atomic E-state index is 13.5. The molecule has 1 atom stereocenters. The summed E-state index contributed by atoms with van der Waals surface area (Å²) in [5.41, 5.74) is -3.11. The Hall–Kier alpha value is -2.95. The lowest BCUT2D eigenvalue weighted by Crippen LogP contribution is -2.49. The normalized spacial score (nSPS) is 16.7. The number of benzene rings is 2. The number of methoxy groups -OCH3 is 1. The lowest BCUT2D eigenvalue weighted by molar-refractivity contribution is -0.143. The van der Waals surface area contributed by atoms with Gasteiger partial charge in [-0.1, -0.05) is 19.9 Å². The van der Waals surface area contributed by atoms with Gasteiger partial charge in [0.2, 0.25) is 5.91 Å². The van der Waals surface area contributed by atoms with Crippen molar-refractivity contribution in [1.82, 2.24) is 10.6 Å². The first-order valence-corrected chi connectivity index (χ1v) is 12.8. The van der Waals surface area contributed by atoms with E-state index in [4.69, 9.17) is 4.74 Å². The predicted octanol–water partition coefficient (Wildman–Crippen LogP) is 6.30. The molecule has 3 rings (SSSR count). The number of hydrogen-bond acceptors (Lipinski definition) is 4. The van der Waals surface area contributed by atoms with Gasteiger partial charge in [0.25, 0.3) is 0 Å². The number of amides is 1. The van der Waals surface area contributed by atoms with Crippen LogP contribution in [0.1, 0.15) is 61.3 Å². The van der Waals surface area contributed by atoms with E-state index in [2.05, 4.69) is 10.6 Å². The fourth-order valence-electron chi connectivity index (χ4n) is 5.29. The minimum Gasteiger partial charge on any atom is -0.504 e. The van der Waals surface area contributed by atoms with E-state index < -0.39 is 34.8 Å². The highest BCUT2D eigenvalue weighted by atomic mass is 19.4. The summed E-state index contributed by atoms with van der Waals surface area (Å²) in [6.07, 6.45) is -8.27. The van der Waals surface area contributed by atoms with Crippen LogP contribution in [0.25, 0.3) is 0 Å². The SMILES string of the molecule is COc1cc(C(CNC(=O)C2(CC(C)C)CCNCC2)Cc2cc(C(F)(F)F)cc(C(F)(F)F)c2)ccc1O. The van der Waals surface area contributed by atoms with Gasteiger partial charge in [-0.3, -0.25) is 4.79 Å². The molecule has 2 aromatic rings. The van der Waals surface area contributed by atoms with Gasteiger partial charge < -0.3 is 20.5 Å². The number of aromatic hydroxyl groups is 1. The highest BCUT2D eigenvalue weighted by molar-refractivity contribution is 5.82. The van der Waals surface area contributed by atoms with Crippen LogP contribution in [-0.2, 0) is 23.6 Å². The van der Waals surface area contributed by atoms with Crippen LogP contribution < -0.4 is 15.4 Å². The molecule has 1 fully saturated rings. The Morgan fingerprint density at radius 2 is 1.62 bits per heavy atom. The quantitative estimate of drug-likeness (QED) is 0.315. The molecule has 1 aliphatic rings. The van der Waals surface area contributed by atoms with Gasteiger partial charge in [-0.05, 0) is 86.1 Å². The second kappa shape index (κ2) is 12.1. The Balaban J connectivity index is 1.98. The van der Waals surface area contributed by atoms with Crippen molar-refractivity contribution >= 4 is 5.91 Å². The van der Waals surface area contributed by atoms with E-state index in [9.17, 15) is 36.2 Å². The zero-order chi connectivity index (χ0) is 29.0. The predicted molar refractivity (Wildman–Crippen MR) is 135 cm³/mol. The number of carbonyl (C=O) groups excluding carboxylic acids is 1. The number of piperidine rings is 1. The summed E-state index contributed by atoms with van der Waals surface area (Å²) >= 11 is 0. The Kier molecular flexibility index (Phi) is 9.46. The van der Waals surface area contributed by atoms with Gasteiger partial charge in [0.1, 0.15) is 0 Å². The largest absolute Gasteiger partial charge is 0.504 e. The number of rotatable bonds is 9. The van der Waals surface area contributed by atoms with Crippen molar-refractivity contribution in [3.8, 4) is 11.5 Å². The average Bonchev–Trinajstić information content (AvgIpc) is 2.85. The summed E-state index contributed by atoms with van der Waals surface area (Å²) in [5.74, 6) is -0.720. The number of alkyl halides is 6. The van der Waals surface area contributed by atoms with Crippen molar-refractivity contribution in [1.29, 1.82) is 0 Å². The van der Waals surface area contributed by atoms with Gasteiger partial charge in [-0.15, -0.1) is 0 Å². The topological polar surface area (TPSA) is 70.6 Å². The van der Waals surface area contributed by atoms with Gasteiger partial charge >= 0.3 is 12.4 Å².